The summed E-state index contributed by atoms with van der Waals surface area (Å²) in [5.41, 5.74) is 0. The molecule has 98 valence electrons. The largest absolute Gasteiger partial charge is 0.332 e. The van der Waals surface area contributed by atoms with Gasteiger partial charge in [0.2, 0.25) is 0 Å². The summed E-state index contributed by atoms with van der Waals surface area (Å²) < 4.78 is 16.3. The van der Waals surface area contributed by atoms with Gasteiger partial charge in [0.15, 0.2) is 0 Å². The summed E-state index contributed by atoms with van der Waals surface area (Å²) in [7, 11) is 4.50. The van der Waals surface area contributed by atoms with E-state index in [0.29, 0.717) is 12.5 Å². The number of rotatable bonds is 10. The Morgan fingerprint density at radius 3 is 2.44 bits per heavy atom. The first-order valence-electron chi connectivity index (χ1n) is 5.84. The highest BCUT2D eigenvalue weighted by molar-refractivity contribution is 7.41. The van der Waals surface area contributed by atoms with Gasteiger partial charge in [0, 0.05) is 13.7 Å². The zero-order valence-corrected chi connectivity index (χ0v) is 12.1. The number of nitrogens with zero attached hydrogens (tertiary/aromatic N) is 1. The topological polar surface area (TPSA) is 30.9 Å². The molecule has 0 saturated heterocycles. The van der Waals surface area contributed by atoms with Crippen LogP contribution in [0.1, 0.15) is 26.7 Å². The van der Waals surface area contributed by atoms with Crippen molar-refractivity contribution in [2.45, 2.75) is 26.7 Å². The fourth-order valence-corrected chi connectivity index (χ4v) is 2.10. The molecule has 0 aromatic carbocycles. The summed E-state index contributed by atoms with van der Waals surface area (Å²) >= 11 is 0. The molecule has 0 heterocycles. The first-order chi connectivity index (χ1) is 7.60. The molecular formula is C11H26NO3P. The van der Waals surface area contributed by atoms with Gasteiger partial charge in [-0.2, -0.15) is 0 Å². The van der Waals surface area contributed by atoms with Gasteiger partial charge < -0.3 is 18.5 Å². The Morgan fingerprint density at radius 2 is 1.94 bits per heavy atom. The molecule has 0 amide bonds. The lowest BCUT2D eigenvalue weighted by atomic mass is 10.1. The van der Waals surface area contributed by atoms with E-state index in [1.54, 1.807) is 7.11 Å². The average Bonchev–Trinajstić information content (AvgIpc) is 2.23. The summed E-state index contributed by atoms with van der Waals surface area (Å²) in [6.45, 7) is 6.62. The maximum atomic E-state index is 5.59. The third-order valence-corrected chi connectivity index (χ3v) is 3.18. The number of hydrogen-bond donors (Lipinski definition) is 0. The van der Waals surface area contributed by atoms with Crippen molar-refractivity contribution < 1.29 is 13.6 Å². The van der Waals surface area contributed by atoms with Crippen molar-refractivity contribution in [2.24, 2.45) is 5.92 Å². The third-order valence-electron chi connectivity index (χ3n) is 2.13. The molecule has 16 heavy (non-hydrogen) atoms. The Kier molecular flexibility index (Phi) is 10.6. The van der Waals surface area contributed by atoms with Gasteiger partial charge in [-0.15, -0.1) is 0 Å². The Labute approximate surface area is 101 Å². The molecule has 0 aromatic heterocycles. The molecule has 0 N–H and O–H groups in total. The predicted octanol–water partition coefficient (Wildman–Crippen LogP) is 2.89. The van der Waals surface area contributed by atoms with Crippen LogP contribution in [0.5, 0.6) is 0 Å². The Balaban J connectivity index is 3.58. The summed E-state index contributed by atoms with van der Waals surface area (Å²) in [4.78, 5) is 2.07. The highest BCUT2D eigenvalue weighted by Crippen LogP contribution is 2.38. The first-order valence-corrected chi connectivity index (χ1v) is 6.94. The number of hydrogen-bond acceptors (Lipinski definition) is 4. The van der Waals surface area contributed by atoms with E-state index < -0.39 is 8.60 Å². The number of likely N-dealkylation sites (N-methyl/N-ethyl adjacent to an activating group) is 1. The van der Waals surface area contributed by atoms with Crippen molar-refractivity contribution in [3.05, 3.63) is 0 Å². The minimum absolute atomic E-state index is 0.572. The van der Waals surface area contributed by atoms with E-state index in [0.717, 1.165) is 13.2 Å². The second-order valence-corrected chi connectivity index (χ2v) is 5.56. The second-order valence-electron chi connectivity index (χ2n) is 4.23. The molecule has 4 nitrogen and oxygen atoms in total. The Bertz CT molecular complexity index is 158. The van der Waals surface area contributed by atoms with Crippen LogP contribution in [-0.2, 0) is 13.6 Å². The SMILES string of the molecule is CCCC(C)COP(OC)OCCN(C)C. The molecular weight excluding hydrogens is 225 g/mol. The van der Waals surface area contributed by atoms with Gasteiger partial charge in [0.25, 0.3) is 0 Å². The van der Waals surface area contributed by atoms with Gasteiger partial charge in [-0.1, -0.05) is 20.3 Å². The van der Waals surface area contributed by atoms with Gasteiger partial charge in [-0.25, -0.2) is 0 Å². The highest BCUT2D eigenvalue weighted by Gasteiger charge is 2.12. The van der Waals surface area contributed by atoms with Gasteiger partial charge >= 0.3 is 8.60 Å². The fraction of sp³-hybridized carbons (Fsp3) is 1.00. The van der Waals surface area contributed by atoms with Crippen molar-refractivity contribution in [2.75, 3.05) is 41.0 Å². The molecule has 0 aliphatic heterocycles. The van der Waals surface area contributed by atoms with Crippen LogP contribution in [0.4, 0.5) is 0 Å². The molecule has 0 saturated carbocycles. The molecule has 0 fully saturated rings. The van der Waals surface area contributed by atoms with Crippen LogP contribution >= 0.6 is 8.60 Å². The van der Waals surface area contributed by atoms with E-state index >= 15 is 0 Å². The van der Waals surface area contributed by atoms with Crippen molar-refractivity contribution in [1.82, 2.24) is 4.90 Å². The molecule has 0 bridgehead atoms. The van der Waals surface area contributed by atoms with Gasteiger partial charge in [-0.05, 0) is 26.4 Å². The summed E-state index contributed by atoms with van der Waals surface area (Å²) in [5.74, 6) is 0.572. The summed E-state index contributed by atoms with van der Waals surface area (Å²) in [5, 5.41) is 0. The highest BCUT2D eigenvalue weighted by atomic mass is 31.2. The monoisotopic (exact) mass is 251 g/mol. The molecule has 0 rings (SSSR count). The standard InChI is InChI=1S/C11H26NO3P/c1-6-7-11(2)10-15-16(13-5)14-9-8-12(3)4/h11H,6-10H2,1-5H3. The molecule has 5 heteroatoms. The van der Waals surface area contributed by atoms with Crippen LogP contribution in [0.3, 0.4) is 0 Å². The first kappa shape index (κ1) is 16.3. The zero-order valence-electron chi connectivity index (χ0n) is 11.2. The van der Waals surface area contributed by atoms with Crippen molar-refractivity contribution in [3.8, 4) is 0 Å². The minimum Gasteiger partial charge on any atom is -0.316 e. The van der Waals surface area contributed by atoms with E-state index in [1.807, 2.05) is 14.1 Å². The maximum Gasteiger partial charge on any atom is 0.332 e. The van der Waals surface area contributed by atoms with Crippen molar-refractivity contribution >= 4 is 8.60 Å². The quantitative estimate of drug-likeness (QED) is 0.559. The summed E-state index contributed by atoms with van der Waals surface area (Å²) in [6, 6.07) is 0. The van der Waals surface area contributed by atoms with Crippen LogP contribution in [0.25, 0.3) is 0 Å². The van der Waals surface area contributed by atoms with Gasteiger partial charge in [-0.3, -0.25) is 0 Å². The lowest BCUT2D eigenvalue weighted by Crippen LogP contribution is -2.17. The molecule has 0 aliphatic rings. The Morgan fingerprint density at radius 1 is 1.25 bits per heavy atom. The second kappa shape index (κ2) is 10.4. The minimum atomic E-state index is -1.16. The predicted molar refractivity (Wildman–Crippen MR) is 68.5 cm³/mol. The van der Waals surface area contributed by atoms with E-state index in [1.165, 1.54) is 12.8 Å². The van der Waals surface area contributed by atoms with Crippen LogP contribution in [0.2, 0.25) is 0 Å². The maximum absolute atomic E-state index is 5.59. The van der Waals surface area contributed by atoms with Crippen molar-refractivity contribution in [1.29, 1.82) is 0 Å². The lowest BCUT2D eigenvalue weighted by molar-refractivity contribution is 0.152. The molecule has 0 aliphatic carbocycles. The smallest absolute Gasteiger partial charge is 0.316 e. The molecule has 2 unspecified atom stereocenters. The molecule has 2 atom stereocenters. The van der Waals surface area contributed by atoms with Crippen LogP contribution in [0.15, 0.2) is 0 Å². The van der Waals surface area contributed by atoms with Crippen LogP contribution in [-0.4, -0.2) is 45.9 Å². The Hall–Kier alpha value is 0.270. The zero-order chi connectivity index (χ0) is 12.4. The normalized spacial score (nSPS) is 15.4. The molecule has 0 spiro atoms. The van der Waals surface area contributed by atoms with Crippen LogP contribution < -0.4 is 0 Å². The van der Waals surface area contributed by atoms with E-state index in [4.69, 9.17) is 13.6 Å². The molecule has 0 aromatic rings. The van der Waals surface area contributed by atoms with Gasteiger partial charge in [0.1, 0.15) is 0 Å². The fourth-order valence-electron chi connectivity index (χ4n) is 1.20. The molecule has 0 radical (unpaired) electrons. The van der Waals surface area contributed by atoms with E-state index in [2.05, 4.69) is 18.7 Å². The van der Waals surface area contributed by atoms with Gasteiger partial charge in [0.05, 0.1) is 13.2 Å². The average molecular weight is 251 g/mol. The lowest BCUT2D eigenvalue weighted by Gasteiger charge is -2.18. The van der Waals surface area contributed by atoms with E-state index in [9.17, 15) is 0 Å². The van der Waals surface area contributed by atoms with Crippen molar-refractivity contribution in [3.63, 3.8) is 0 Å². The third kappa shape index (κ3) is 9.49. The summed E-state index contributed by atoms with van der Waals surface area (Å²) in [6.07, 6.45) is 2.38. The van der Waals surface area contributed by atoms with E-state index in [-0.39, 0.29) is 0 Å². The van der Waals surface area contributed by atoms with Crippen LogP contribution in [0, 0.1) is 5.92 Å².